The van der Waals surface area contributed by atoms with Gasteiger partial charge in [-0.05, 0) is 63.1 Å². The highest BCUT2D eigenvalue weighted by Crippen LogP contribution is 2.19. The summed E-state index contributed by atoms with van der Waals surface area (Å²) in [6, 6.07) is 7.18. The maximum atomic E-state index is 12.9. The zero-order chi connectivity index (χ0) is 29.5. The van der Waals surface area contributed by atoms with Crippen molar-refractivity contribution in [3.05, 3.63) is 77.4 Å². The first-order valence-corrected chi connectivity index (χ1v) is 14.3. The number of ether oxygens (including phenoxy) is 2. The van der Waals surface area contributed by atoms with E-state index in [0.717, 1.165) is 17.6 Å². The third-order valence-corrected chi connectivity index (χ3v) is 6.69. The van der Waals surface area contributed by atoms with Crippen molar-refractivity contribution in [1.29, 1.82) is 0 Å². The average molecular weight is 555 g/mol. The van der Waals surface area contributed by atoms with Crippen molar-refractivity contribution in [2.45, 2.75) is 103 Å². The molecule has 220 valence electrons. The predicted octanol–water partition coefficient (Wildman–Crippen LogP) is 5.70. The Morgan fingerprint density at radius 1 is 1.12 bits per heavy atom. The smallest absolute Gasteiger partial charge is 0.338 e. The SMILES string of the molecule is CC(/C=C/C=C/c1cccc(C(=O)O[C@@H]2CC/C=C/C[C@H](C(C)C)OC(=O)CCC2)c1)=C\[C@H](O)[C@@H](O)C[C@H](C)O. The van der Waals surface area contributed by atoms with Crippen LogP contribution in [0.25, 0.3) is 6.08 Å². The fourth-order valence-electron chi connectivity index (χ4n) is 4.34. The lowest BCUT2D eigenvalue weighted by molar-refractivity contribution is -0.151. The van der Waals surface area contributed by atoms with Crippen LogP contribution in [0.1, 0.15) is 88.6 Å². The van der Waals surface area contributed by atoms with Gasteiger partial charge in [-0.15, -0.1) is 0 Å². The van der Waals surface area contributed by atoms with Gasteiger partial charge < -0.3 is 24.8 Å². The normalized spacial score (nSPS) is 22.8. The number of rotatable bonds is 10. The monoisotopic (exact) mass is 554 g/mol. The Balaban J connectivity index is 1.96. The highest BCUT2D eigenvalue weighted by molar-refractivity contribution is 5.90. The summed E-state index contributed by atoms with van der Waals surface area (Å²) in [5, 5.41) is 29.3. The van der Waals surface area contributed by atoms with Crippen LogP contribution in [0.3, 0.4) is 0 Å². The average Bonchev–Trinajstić information content (AvgIpc) is 2.88. The second kappa shape index (κ2) is 17.6. The van der Waals surface area contributed by atoms with Crippen molar-refractivity contribution in [2.75, 3.05) is 0 Å². The summed E-state index contributed by atoms with van der Waals surface area (Å²) in [4.78, 5) is 25.2. The van der Waals surface area contributed by atoms with E-state index < -0.39 is 24.3 Å². The van der Waals surface area contributed by atoms with E-state index in [-0.39, 0.29) is 30.5 Å². The topological polar surface area (TPSA) is 113 Å². The first kappa shape index (κ1) is 33.2. The molecule has 0 saturated heterocycles. The number of aliphatic hydroxyl groups is 3. The first-order valence-electron chi connectivity index (χ1n) is 14.3. The second-order valence-corrected chi connectivity index (χ2v) is 10.9. The molecule has 5 atom stereocenters. The number of cyclic esters (lactones) is 1. The van der Waals surface area contributed by atoms with Crippen molar-refractivity contribution < 1.29 is 34.4 Å². The summed E-state index contributed by atoms with van der Waals surface area (Å²) in [5.74, 6) is -0.339. The summed E-state index contributed by atoms with van der Waals surface area (Å²) in [5.41, 5.74) is 2.05. The van der Waals surface area contributed by atoms with Crippen LogP contribution in [0.4, 0.5) is 0 Å². The van der Waals surface area contributed by atoms with Crippen molar-refractivity contribution >= 4 is 18.0 Å². The van der Waals surface area contributed by atoms with Gasteiger partial charge in [0.25, 0.3) is 0 Å². The van der Waals surface area contributed by atoms with Gasteiger partial charge in [0.1, 0.15) is 12.2 Å². The van der Waals surface area contributed by atoms with E-state index in [4.69, 9.17) is 9.47 Å². The minimum Gasteiger partial charge on any atom is -0.462 e. The zero-order valence-corrected chi connectivity index (χ0v) is 24.2. The molecule has 1 aromatic carbocycles. The Morgan fingerprint density at radius 3 is 2.62 bits per heavy atom. The highest BCUT2D eigenvalue weighted by Gasteiger charge is 2.20. The second-order valence-electron chi connectivity index (χ2n) is 10.9. The van der Waals surface area contributed by atoms with E-state index in [1.54, 1.807) is 37.3 Å². The fourth-order valence-corrected chi connectivity index (χ4v) is 4.34. The van der Waals surface area contributed by atoms with Gasteiger partial charge in [-0.2, -0.15) is 0 Å². The predicted molar refractivity (Wildman–Crippen MR) is 157 cm³/mol. The van der Waals surface area contributed by atoms with Crippen LogP contribution >= 0.6 is 0 Å². The Bertz CT molecular complexity index is 1050. The molecular weight excluding hydrogens is 508 g/mol. The molecule has 0 fully saturated rings. The standard InChI is InChI=1S/C33H46O7/c1-23(2)31-18-7-5-6-16-28(17-11-19-32(37)40-31)39-33(38)27-15-10-14-26(22-27)13-9-8-12-24(3)20-29(35)30(36)21-25(4)34/h5,7-10,12-15,20,22-23,25,28-31,34-36H,6,11,16-19,21H2,1-4H3/b7-5+,12-8+,13-9+,24-20+/t25-,28+,29-,30-,31+/m0/s1. The van der Waals surface area contributed by atoms with E-state index in [9.17, 15) is 24.9 Å². The molecule has 0 saturated carbocycles. The van der Waals surface area contributed by atoms with Crippen molar-refractivity contribution in [1.82, 2.24) is 0 Å². The van der Waals surface area contributed by atoms with Crippen molar-refractivity contribution in [3.8, 4) is 0 Å². The number of allylic oxidation sites excluding steroid dienone is 5. The van der Waals surface area contributed by atoms with E-state index >= 15 is 0 Å². The van der Waals surface area contributed by atoms with Crippen LogP contribution in [-0.2, 0) is 14.3 Å². The largest absolute Gasteiger partial charge is 0.462 e. The molecule has 0 aromatic heterocycles. The molecule has 0 bridgehead atoms. The first-order chi connectivity index (χ1) is 19.0. The summed E-state index contributed by atoms with van der Waals surface area (Å²) in [6.45, 7) is 7.47. The molecule has 2 rings (SSSR count). The van der Waals surface area contributed by atoms with Gasteiger partial charge in [0.05, 0.1) is 23.9 Å². The number of aliphatic hydroxyl groups excluding tert-OH is 3. The number of esters is 2. The van der Waals surface area contributed by atoms with Crippen molar-refractivity contribution in [3.63, 3.8) is 0 Å². The maximum Gasteiger partial charge on any atom is 0.338 e. The van der Waals surface area contributed by atoms with E-state index in [2.05, 4.69) is 19.9 Å². The molecular formula is C33H46O7. The number of hydrogen-bond acceptors (Lipinski definition) is 7. The lowest BCUT2D eigenvalue weighted by atomic mass is 10.0. The zero-order valence-electron chi connectivity index (χ0n) is 24.2. The lowest BCUT2D eigenvalue weighted by Gasteiger charge is -2.22. The van der Waals surface area contributed by atoms with E-state index in [1.807, 2.05) is 31.2 Å². The Morgan fingerprint density at radius 2 is 1.90 bits per heavy atom. The molecule has 7 heteroatoms. The third-order valence-electron chi connectivity index (χ3n) is 6.69. The molecule has 1 aromatic rings. The molecule has 40 heavy (non-hydrogen) atoms. The van der Waals surface area contributed by atoms with Gasteiger partial charge in [0.15, 0.2) is 0 Å². The van der Waals surface area contributed by atoms with E-state index in [0.29, 0.717) is 37.7 Å². The quantitative estimate of drug-likeness (QED) is 0.193. The minimum atomic E-state index is -1.06. The van der Waals surface area contributed by atoms with Gasteiger partial charge in [-0.3, -0.25) is 4.79 Å². The number of hydrogen-bond donors (Lipinski definition) is 3. The van der Waals surface area contributed by atoms with Crippen LogP contribution in [-0.4, -0.2) is 57.8 Å². The van der Waals surface area contributed by atoms with E-state index in [1.165, 1.54) is 6.08 Å². The molecule has 0 amide bonds. The summed E-state index contributed by atoms with van der Waals surface area (Å²) >= 11 is 0. The van der Waals surface area contributed by atoms with Gasteiger partial charge >= 0.3 is 11.9 Å². The van der Waals surface area contributed by atoms with Gasteiger partial charge in [0, 0.05) is 19.3 Å². The number of benzene rings is 1. The summed E-state index contributed by atoms with van der Waals surface area (Å²) < 4.78 is 11.5. The molecule has 0 unspecified atom stereocenters. The number of carbonyl (C=O) groups is 2. The Kier molecular flexibility index (Phi) is 14.6. The molecule has 0 spiro atoms. The third kappa shape index (κ3) is 12.9. The molecule has 0 radical (unpaired) electrons. The van der Waals surface area contributed by atoms with Gasteiger partial charge in [0.2, 0.25) is 0 Å². The van der Waals surface area contributed by atoms with Crippen LogP contribution in [0.15, 0.2) is 66.3 Å². The van der Waals surface area contributed by atoms with Gasteiger partial charge in [-0.25, -0.2) is 4.79 Å². The molecule has 1 heterocycles. The van der Waals surface area contributed by atoms with Crippen LogP contribution in [0.2, 0.25) is 0 Å². The summed E-state index contributed by atoms with van der Waals surface area (Å²) in [6.07, 6.45) is 13.5. The van der Waals surface area contributed by atoms with Crippen LogP contribution in [0.5, 0.6) is 0 Å². The highest BCUT2D eigenvalue weighted by atomic mass is 16.5. The molecule has 1 aliphatic heterocycles. The Labute approximate surface area is 238 Å². The molecule has 1 aliphatic rings. The lowest BCUT2D eigenvalue weighted by Crippen LogP contribution is -2.27. The fraction of sp³-hybridized carbons (Fsp3) is 0.515. The molecule has 3 N–H and O–H groups in total. The summed E-state index contributed by atoms with van der Waals surface area (Å²) in [7, 11) is 0. The van der Waals surface area contributed by atoms with Crippen molar-refractivity contribution in [2.24, 2.45) is 5.92 Å². The Hall–Kier alpha value is -3.00. The minimum absolute atomic E-state index is 0.0958. The van der Waals surface area contributed by atoms with Gasteiger partial charge in [-0.1, -0.05) is 74.1 Å². The molecule has 7 nitrogen and oxygen atoms in total. The molecule has 0 aliphatic carbocycles. The van der Waals surface area contributed by atoms with Crippen LogP contribution in [0, 0.1) is 5.92 Å². The maximum absolute atomic E-state index is 12.9. The van der Waals surface area contributed by atoms with Crippen LogP contribution < -0.4 is 0 Å². The number of carbonyl (C=O) groups excluding carboxylic acids is 2.